The Bertz CT molecular complexity index is 424. The summed E-state index contributed by atoms with van der Waals surface area (Å²) in [6.07, 6.45) is 4.20. The van der Waals surface area contributed by atoms with E-state index in [-0.39, 0.29) is 0 Å². The number of hydrogen-bond donors (Lipinski definition) is 2. The van der Waals surface area contributed by atoms with E-state index < -0.39 is 0 Å². The highest BCUT2D eigenvalue weighted by atomic mass is 32.1. The van der Waals surface area contributed by atoms with Crippen molar-refractivity contribution in [2.45, 2.75) is 19.4 Å². The molecular weight excluding hydrogens is 220 g/mol. The molecule has 4 nitrogen and oxygen atoms in total. The molecule has 0 saturated heterocycles. The van der Waals surface area contributed by atoms with Crippen LogP contribution in [0.15, 0.2) is 29.9 Å². The zero-order valence-electron chi connectivity index (χ0n) is 9.05. The van der Waals surface area contributed by atoms with Crippen molar-refractivity contribution in [2.24, 2.45) is 0 Å². The summed E-state index contributed by atoms with van der Waals surface area (Å²) < 4.78 is 0. The van der Waals surface area contributed by atoms with E-state index in [1.54, 1.807) is 23.7 Å². The van der Waals surface area contributed by atoms with Gasteiger partial charge in [0, 0.05) is 17.3 Å². The van der Waals surface area contributed by atoms with Crippen LogP contribution in [0.2, 0.25) is 0 Å². The summed E-state index contributed by atoms with van der Waals surface area (Å²) in [5.41, 5.74) is 5.47. The Hall–Kier alpha value is -1.62. The molecule has 1 unspecified atom stereocenters. The molecule has 3 N–H and O–H groups in total. The van der Waals surface area contributed by atoms with Crippen molar-refractivity contribution in [3.8, 4) is 0 Å². The second kappa shape index (κ2) is 4.94. The molecule has 84 valence electrons. The highest BCUT2D eigenvalue weighted by Gasteiger charge is 2.05. The van der Waals surface area contributed by atoms with Gasteiger partial charge in [0.15, 0.2) is 0 Å². The van der Waals surface area contributed by atoms with Gasteiger partial charge in [0.1, 0.15) is 11.6 Å². The molecule has 0 aliphatic carbocycles. The van der Waals surface area contributed by atoms with E-state index in [9.17, 15) is 0 Å². The first-order valence-corrected chi connectivity index (χ1v) is 5.98. The number of aromatic nitrogens is 2. The smallest absolute Gasteiger partial charge is 0.144 e. The first-order valence-electron chi connectivity index (χ1n) is 5.10. The number of nitrogen functional groups attached to an aromatic ring is 1. The van der Waals surface area contributed by atoms with Gasteiger partial charge in [0.05, 0.1) is 12.4 Å². The normalized spacial score (nSPS) is 12.3. The minimum absolute atomic E-state index is 0.330. The average Bonchev–Trinajstić information content (AvgIpc) is 2.74. The lowest BCUT2D eigenvalue weighted by Crippen LogP contribution is -2.18. The van der Waals surface area contributed by atoms with Gasteiger partial charge in [-0.1, -0.05) is 6.07 Å². The summed E-state index contributed by atoms with van der Waals surface area (Å²) in [5, 5.41) is 5.37. The minimum atomic E-state index is 0.330. The topological polar surface area (TPSA) is 63.8 Å². The fourth-order valence-electron chi connectivity index (χ4n) is 1.45. The van der Waals surface area contributed by atoms with Gasteiger partial charge in [-0.2, -0.15) is 0 Å². The summed E-state index contributed by atoms with van der Waals surface area (Å²) in [6, 6.07) is 4.53. The average molecular weight is 234 g/mol. The molecule has 0 fully saturated rings. The van der Waals surface area contributed by atoms with Crippen LogP contribution in [0.3, 0.4) is 0 Å². The van der Waals surface area contributed by atoms with Gasteiger partial charge in [0.2, 0.25) is 0 Å². The number of rotatable bonds is 4. The Labute approximate surface area is 98.6 Å². The van der Waals surface area contributed by atoms with Gasteiger partial charge in [-0.3, -0.25) is 0 Å². The molecule has 0 saturated carbocycles. The fraction of sp³-hybridized carbons (Fsp3) is 0.273. The number of anilines is 2. The van der Waals surface area contributed by atoms with E-state index in [1.165, 1.54) is 4.88 Å². The molecule has 1 atom stereocenters. The maximum absolute atomic E-state index is 5.47. The summed E-state index contributed by atoms with van der Waals surface area (Å²) in [5.74, 6) is 1.20. The Morgan fingerprint density at radius 1 is 1.44 bits per heavy atom. The Balaban J connectivity index is 1.92. The molecule has 2 heterocycles. The monoisotopic (exact) mass is 234 g/mol. The largest absolute Gasteiger partial charge is 0.382 e. The third-order valence-electron chi connectivity index (χ3n) is 2.15. The molecular formula is C11H14N4S. The zero-order chi connectivity index (χ0) is 11.4. The van der Waals surface area contributed by atoms with Crippen molar-refractivity contribution < 1.29 is 0 Å². The van der Waals surface area contributed by atoms with Crippen LogP contribution in [0.25, 0.3) is 0 Å². The summed E-state index contributed by atoms with van der Waals surface area (Å²) in [4.78, 5) is 9.50. The first-order chi connectivity index (χ1) is 7.74. The van der Waals surface area contributed by atoms with Gasteiger partial charge in [-0.15, -0.1) is 11.3 Å². The summed E-state index contributed by atoms with van der Waals surface area (Å²) in [6.45, 7) is 2.12. The van der Waals surface area contributed by atoms with Crippen LogP contribution < -0.4 is 11.1 Å². The van der Waals surface area contributed by atoms with Crippen molar-refractivity contribution in [1.82, 2.24) is 9.97 Å². The van der Waals surface area contributed by atoms with Crippen molar-refractivity contribution in [3.05, 3.63) is 34.8 Å². The van der Waals surface area contributed by atoms with Gasteiger partial charge >= 0.3 is 0 Å². The molecule has 2 aromatic heterocycles. The van der Waals surface area contributed by atoms with E-state index in [1.807, 2.05) is 0 Å². The molecule has 0 spiro atoms. The van der Waals surface area contributed by atoms with Gasteiger partial charge in [-0.05, 0) is 18.4 Å². The van der Waals surface area contributed by atoms with Gasteiger partial charge < -0.3 is 11.1 Å². The van der Waals surface area contributed by atoms with Crippen molar-refractivity contribution in [1.29, 1.82) is 0 Å². The van der Waals surface area contributed by atoms with E-state index in [2.05, 4.69) is 39.7 Å². The fourth-order valence-corrected chi connectivity index (χ4v) is 2.28. The van der Waals surface area contributed by atoms with Crippen molar-refractivity contribution >= 4 is 23.0 Å². The number of thiophene rings is 1. The standard InChI is InChI=1S/C11H14N4S/c1-8(5-9-3-2-4-16-9)15-11-7-13-10(12)6-14-11/h2-4,6-8H,5H2,1H3,(H2,12,13)(H,14,15). The predicted molar refractivity (Wildman–Crippen MR) is 67.6 cm³/mol. The molecule has 0 amide bonds. The second-order valence-electron chi connectivity index (χ2n) is 3.66. The van der Waals surface area contributed by atoms with Crippen LogP contribution in [0.1, 0.15) is 11.8 Å². The molecule has 0 aromatic carbocycles. The van der Waals surface area contributed by atoms with Gasteiger partial charge in [0.25, 0.3) is 0 Å². The highest BCUT2D eigenvalue weighted by molar-refractivity contribution is 7.09. The highest BCUT2D eigenvalue weighted by Crippen LogP contribution is 2.13. The van der Waals surface area contributed by atoms with Gasteiger partial charge in [-0.25, -0.2) is 9.97 Å². The Morgan fingerprint density at radius 2 is 2.31 bits per heavy atom. The van der Waals surface area contributed by atoms with Crippen LogP contribution >= 0.6 is 11.3 Å². The Morgan fingerprint density at radius 3 is 2.94 bits per heavy atom. The van der Waals surface area contributed by atoms with Crippen LogP contribution in [0.4, 0.5) is 11.6 Å². The number of hydrogen-bond acceptors (Lipinski definition) is 5. The molecule has 2 rings (SSSR count). The summed E-state index contributed by atoms with van der Waals surface area (Å²) >= 11 is 1.77. The lowest BCUT2D eigenvalue weighted by molar-refractivity contribution is 0.793. The van der Waals surface area contributed by atoms with Crippen LogP contribution in [-0.4, -0.2) is 16.0 Å². The molecule has 0 aliphatic rings. The molecule has 16 heavy (non-hydrogen) atoms. The van der Waals surface area contributed by atoms with Crippen molar-refractivity contribution in [2.75, 3.05) is 11.1 Å². The van der Waals surface area contributed by atoms with Crippen LogP contribution in [-0.2, 0) is 6.42 Å². The molecule has 0 radical (unpaired) electrons. The maximum Gasteiger partial charge on any atom is 0.144 e. The molecule has 0 bridgehead atoms. The molecule has 5 heteroatoms. The third-order valence-corrected chi connectivity index (χ3v) is 3.05. The molecule has 2 aromatic rings. The maximum atomic E-state index is 5.47. The zero-order valence-corrected chi connectivity index (χ0v) is 9.87. The quantitative estimate of drug-likeness (QED) is 0.851. The number of nitrogens with one attached hydrogen (secondary N) is 1. The SMILES string of the molecule is CC(Cc1cccs1)Nc1cnc(N)cn1. The minimum Gasteiger partial charge on any atom is -0.382 e. The number of nitrogens with two attached hydrogens (primary N) is 1. The van der Waals surface area contributed by atoms with Crippen LogP contribution in [0.5, 0.6) is 0 Å². The van der Waals surface area contributed by atoms with E-state index in [0.29, 0.717) is 11.9 Å². The predicted octanol–water partition coefficient (Wildman–Crippen LogP) is 2.16. The third kappa shape index (κ3) is 2.93. The van der Waals surface area contributed by atoms with E-state index >= 15 is 0 Å². The summed E-state index contributed by atoms with van der Waals surface area (Å²) in [7, 11) is 0. The number of nitrogens with zero attached hydrogens (tertiary/aromatic N) is 2. The first kappa shape index (κ1) is 10.9. The Kier molecular flexibility index (Phi) is 3.36. The van der Waals surface area contributed by atoms with Crippen molar-refractivity contribution in [3.63, 3.8) is 0 Å². The second-order valence-corrected chi connectivity index (χ2v) is 4.69. The molecule has 0 aliphatic heterocycles. The van der Waals surface area contributed by atoms with E-state index in [0.717, 1.165) is 12.2 Å². The lowest BCUT2D eigenvalue weighted by Gasteiger charge is -2.12. The lowest BCUT2D eigenvalue weighted by atomic mass is 10.2. The van der Waals surface area contributed by atoms with E-state index in [4.69, 9.17) is 5.73 Å². The van der Waals surface area contributed by atoms with Crippen LogP contribution in [0, 0.1) is 0 Å².